The van der Waals surface area contributed by atoms with Gasteiger partial charge in [-0.25, -0.2) is 0 Å². The highest BCUT2D eigenvalue weighted by Gasteiger charge is 2.32. The number of aliphatic hydroxyl groups is 1. The molecule has 3 atom stereocenters. The highest BCUT2D eigenvalue weighted by atomic mass is 16.5. The van der Waals surface area contributed by atoms with Crippen LogP contribution in [0.2, 0.25) is 0 Å². The number of hydrogen-bond acceptors (Lipinski definition) is 2. The van der Waals surface area contributed by atoms with Gasteiger partial charge in [-0.2, -0.15) is 0 Å². The van der Waals surface area contributed by atoms with Crippen molar-refractivity contribution in [2.75, 3.05) is 7.11 Å². The molecule has 2 nitrogen and oxygen atoms in total. The van der Waals surface area contributed by atoms with Crippen LogP contribution in [-0.4, -0.2) is 24.4 Å². The Hall–Kier alpha value is -0.0800. The maximum Gasteiger partial charge on any atom is 0.0860 e. The Bertz CT molecular complexity index is 176. The summed E-state index contributed by atoms with van der Waals surface area (Å²) >= 11 is 0. The lowest BCUT2D eigenvalue weighted by Crippen LogP contribution is -2.40. The smallest absolute Gasteiger partial charge is 0.0860 e. The molecule has 16 heavy (non-hydrogen) atoms. The summed E-state index contributed by atoms with van der Waals surface area (Å²) in [7, 11) is 1.75. The zero-order valence-corrected chi connectivity index (χ0v) is 11.1. The lowest BCUT2D eigenvalue weighted by Gasteiger charge is -2.34. The minimum Gasteiger partial charge on any atom is -0.390 e. The van der Waals surface area contributed by atoms with Crippen LogP contribution in [0.1, 0.15) is 58.8 Å². The summed E-state index contributed by atoms with van der Waals surface area (Å²) in [6.07, 6.45) is 8.43. The summed E-state index contributed by atoms with van der Waals surface area (Å²) in [4.78, 5) is 0. The molecular weight excluding hydrogens is 200 g/mol. The van der Waals surface area contributed by atoms with Gasteiger partial charge in [0.25, 0.3) is 0 Å². The number of aliphatic hydroxyl groups excluding tert-OH is 1. The molecule has 0 bridgehead atoms. The first-order valence-corrected chi connectivity index (χ1v) is 6.91. The molecule has 0 aromatic rings. The van der Waals surface area contributed by atoms with Crippen LogP contribution in [0.5, 0.6) is 0 Å². The van der Waals surface area contributed by atoms with Crippen molar-refractivity contribution in [3.05, 3.63) is 0 Å². The molecule has 0 saturated heterocycles. The van der Waals surface area contributed by atoms with Gasteiger partial charge in [0.05, 0.1) is 12.2 Å². The zero-order chi connectivity index (χ0) is 12.0. The Kier molecular flexibility index (Phi) is 6.37. The van der Waals surface area contributed by atoms with E-state index in [1.165, 1.54) is 32.1 Å². The van der Waals surface area contributed by atoms with E-state index in [4.69, 9.17) is 4.74 Å². The second-order valence-corrected chi connectivity index (χ2v) is 5.35. The fourth-order valence-corrected chi connectivity index (χ4v) is 3.02. The lowest BCUT2D eigenvalue weighted by atomic mass is 9.80. The van der Waals surface area contributed by atoms with E-state index >= 15 is 0 Å². The summed E-state index contributed by atoms with van der Waals surface area (Å²) in [5.41, 5.74) is 0. The summed E-state index contributed by atoms with van der Waals surface area (Å²) in [6, 6.07) is 0. The van der Waals surface area contributed by atoms with Crippen LogP contribution >= 0.6 is 0 Å². The average Bonchev–Trinajstić information content (AvgIpc) is 2.31. The van der Waals surface area contributed by atoms with Gasteiger partial charge in [0.1, 0.15) is 0 Å². The van der Waals surface area contributed by atoms with Gasteiger partial charge in [0.2, 0.25) is 0 Å². The van der Waals surface area contributed by atoms with Gasteiger partial charge in [0, 0.05) is 7.11 Å². The standard InChI is InChI=1S/C14H28O2/c1-4-8-11(2)13(15)14(16-3)12-9-6-5-7-10-12/h11-15H,4-10H2,1-3H3. The molecule has 1 saturated carbocycles. The minimum atomic E-state index is -0.284. The van der Waals surface area contributed by atoms with E-state index in [0.29, 0.717) is 11.8 Å². The Morgan fingerprint density at radius 2 is 1.88 bits per heavy atom. The number of hydrogen-bond donors (Lipinski definition) is 1. The lowest BCUT2D eigenvalue weighted by molar-refractivity contribution is -0.0761. The second-order valence-electron chi connectivity index (χ2n) is 5.35. The molecule has 0 amide bonds. The van der Waals surface area contributed by atoms with Crippen LogP contribution in [0.3, 0.4) is 0 Å². The number of ether oxygens (including phenoxy) is 1. The van der Waals surface area contributed by atoms with Crippen molar-refractivity contribution in [2.24, 2.45) is 11.8 Å². The fourth-order valence-electron chi connectivity index (χ4n) is 3.02. The van der Waals surface area contributed by atoms with E-state index in [-0.39, 0.29) is 12.2 Å². The van der Waals surface area contributed by atoms with Gasteiger partial charge in [-0.1, -0.05) is 39.5 Å². The van der Waals surface area contributed by atoms with Crippen LogP contribution in [0.4, 0.5) is 0 Å². The van der Waals surface area contributed by atoms with Gasteiger partial charge >= 0.3 is 0 Å². The minimum absolute atomic E-state index is 0.0573. The zero-order valence-electron chi connectivity index (χ0n) is 11.1. The summed E-state index contributed by atoms with van der Waals surface area (Å²) in [5.74, 6) is 0.935. The Morgan fingerprint density at radius 1 is 1.25 bits per heavy atom. The molecule has 0 aromatic carbocycles. The molecule has 0 spiro atoms. The molecule has 2 heteroatoms. The van der Waals surface area contributed by atoms with Crippen LogP contribution in [0, 0.1) is 11.8 Å². The molecule has 1 aliphatic carbocycles. The summed E-state index contributed by atoms with van der Waals surface area (Å²) in [6.45, 7) is 4.31. The summed E-state index contributed by atoms with van der Waals surface area (Å²) < 4.78 is 5.57. The third kappa shape index (κ3) is 3.74. The Labute approximate surface area is 100 Å². The molecule has 96 valence electrons. The topological polar surface area (TPSA) is 29.5 Å². The fraction of sp³-hybridized carbons (Fsp3) is 1.00. The van der Waals surface area contributed by atoms with Crippen LogP contribution in [0.15, 0.2) is 0 Å². The van der Waals surface area contributed by atoms with Gasteiger partial charge in [-0.05, 0) is 31.1 Å². The van der Waals surface area contributed by atoms with Crippen molar-refractivity contribution in [1.29, 1.82) is 0 Å². The number of rotatable bonds is 6. The monoisotopic (exact) mass is 228 g/mol. The molecule has 1 aliphatic rings. The van der Waals surface area contributed by atoms with Crippen molar-refractivity contribution in [1.82, 2.24) is 0 Å². The average molecular weight is 228 g/mol. The van der Waals surface area contributed by atoms with Crippen molar-refractivity contribution in [3.8, 4) is 0 Å². The maximum atomic E-state index is 10.3. The van der Waals surface area contributed by atoms with E-state index in [1.807, 2.05) is 0 Å². The van der Waals surface area contributed by atoms with E-state index < -0.39 is 0 Å². The third-order valence-corrected chi connectivity index (χ3v) is 4.05. The highest BCUT2D eigenvalue weighted by molar-refractivity contribution is 4.82. The molecular formula is C14H28O2. The van der Waals surface area contributed by atoms with Gasteiger partial charge in [0.15, 0.2) is 0 Å². The Morgan fingerprint density at radius 3 is 2.38 bits per heavy atom. The van der Waals surface area contributed by atoms with Gasteiger partial charge in [-0.15, -0.1) is 0 Å². The van der Waals surface area contributed by atoms with Gasteiger partial charge in [-0.3, -0.25) is 0 Å². The number of methoxy groups -OCH3 is 1. The van der Waals surface area contributed by atoms with Crippen molar-refractivity contribution in [3.63, 3.8) is 0 Å². The summed E-state index contributed by atoms with van der Waals surface area (Å²) in [5, 5.41) is 10.3. The molecule has 0 aromatic heterocycles. The maximum absolute atomic E-state index is 10.3. The molecule has 0 heterocycles. The van der Waals surface area contributed by atoms with E-state index in [2.05, 4.69) is 13.8 Å². The Balaban J connectivity index is 2.50. The predicted molar refractivity (Wildman–Crippen MR) is 67.5 cm³/mol. The first-order valence-electron chi connectivity index (χ1n) is 6.91. The molecule has 0 radical (unpaired) electrons. The third-order valence-electron chi connectivity index (χ3n) is 4.05. The molecule has 3 unspecified atom stereocenters. The van der Waals surface area contributed by atoms with Crippen molar-refractivity contribution >= 4 is 0 Å². The highest BCUT2D eigenvalue weighted by Crippen LogP contribution is 2.31. The van der Waals surface area contributed by atoms with Crippen molar-refractivity contribution < 1.29 is 9.84 Å². The van der Waals surface area contributed by atoms with E-state index in [1.54, 1.807) is 7.11 Å². The molecule has 1 rings (SSSR count). The quantitative estimate of drug-likeness (QED) is 0.755. The first-order chi connectivity index (χ1) is 7.70. The van der Waals surface area contributed by atoms with Gasteiger partial charge < -0.3 is 9.84 Å². The van der Waals surface area contributed by atoms with Crippen LogP contribution in [-0.2, 0) is 4.74 Å². The molecule has 1 N–H and O–H groups in total. The van der Waals surface area contributed by atoms with E-state index in [9.17, 15) is 5.11 Å². The largest absolute Gasteiger partial charge is 0.390 e. The van der Waals surface area contributed by atoms with Crippen LogP contribution < -0.4 is 0 Å². The van der Waals surface area contributed by atoms with E-state index in [0.717, 1.165) is 12.8 Å². The molecule has 0 aliphatic heterocycles. The SMILES string of the molecule is CCCC(C)C(O)C(OC)C1CCCCC1. The normalized spacial score (nSPS) is 24.0. The first kappa shape index (κ1) is 14.0. The van der Waals surface area contributed by atoms with Crippen molar-refractivity contribution in [2.45, 2.75) is 71.0 Å². The predicted octanol–water partition coefficient (Wildman–Crippen LogP) is 3.38. The van der Waals surface area contributed by atoms with Crippen LogP contribution in [0.25, 0.3) is 0 Å². The second kappa shape index (κ2) is 7.29. The molecule has 1 fully saturated rings.